The highest BCUT2D eigenvalue weighted by Crippen LogP contribution is 2.27. The summed E-state index contributed by atoms with van der Waals surface area (Å²) in [6.07, 6.45) is 7.72. The minimum absolute atomic E-state index is 0.0392. The fourth-order valence-corrected chi connectivity index (χ4v) is 5.01. The van der Waals surface area contributed by atoms with Crippen LogP contribution in [0.1, 0.15) is 43.2 Å². The topological polar surface area (TPSA) is 50.4 Å². The van der Waals surface area contributed by atoms with Gasteiger partial charge in [0.1, 0.15) is 5.75 Å². The van der Waals surface area contributed by atoms with Crippen LogP contribution < -0.4 is 15.4 Å². The largest absolute Gasteiger partial charge is 0.484 e. The number of carbonyl (C=O) groups is 1. The predicted molar refractivity (Wildman–Crippen MR) is 126 cm³/mol. The lowest BCUT2D eigenvalue weighted by atomic mass is 9.84. The number of aryl methyl sites for hydroxylation is 1. The highest BCUT2D eigenvalue weighted by molar-refractivity contribution is 6.30. The van der Waals surface area contributed by atoms with Gasteiger partial charge in [-0.05, 0) is 105 Å². The van der Waals surface area contributed by atoms with Gasteiger partial charge in [-0.2, -0.15) is 0 Å². The average molecular weight is 461 g/mol. The molecule has 1 unspecified atom stereocenters. The van der Waals surface area contributed by atoms with Crippen LogP contribution in [0, 0.1) is 5.92 Å². The van der Waals surface area contributed by atoms with Gasteiger partial charge in [-0.15, -0.1) is 0 Å². The molecule has 166 valence electrons. The highest BCUT2D eigenvalue weighted by Gasteiger charge is 2.24. The van der Waals surface area contributed by atoms with Crippen molar-refractivity contribution in [1.29, 1.82) is 0 Å². The molecule has 1 saturated carbocycles. The summed E-state index contributed by atoms with van der Waals surface area (Å²) in [6, 6.07) is 14.2. The first kappa shape index (κ1) is 22.4. The van der Waals surface area contributed by atoms with Gasteiger partial charge >= 0.3 is 0 Å². The highest BCUT2D eigenvalue weighted by atomic mass is 35.5. The van der Waals surface area contributed by atoms with Crippen LogP contribution in [0.2, 0.25) is 10.0 Å². The number of rotatable bonds is 7. The second-order valence-electron chi connectivity index (χ2n) is 8.79. The number of hydrogen-bond donors (Lipinski definition) is 2. The van der Waals surface area contributed by atoms with Gasteiger partial charge in [0.05, 0.1) is 0 Å². The lowest BCUT2D eigenvalue weighted by molar-refractivity contribution is -0.124. The molecule has 31 heavy (non-hydrogen) atoms. The summed E-state index contributed by atoms with van der Waals surface area (Å²) >= 11 is 12.0. The Morgan fingerprint density at radius 2 is 1.65 bits per heavy atom. The molecule has 6 heteroatoms. The summed E-state index contributed by atoms with van der Waals surface area (Å²) in [5, 5.41) is 8.41. The van der Waals surface area contributed by atoms with Gasteiger partial charge in [0, 0.05) is 22.1 Å². The van der Waals surface area contributed by atoms with Crippen molar-refractivity contribution < 1.29 is 9.53 Å². The van der Waals surface area contributed by atoms with E-state index in [1.54, 1.807) is 24.3 Å². The molecule has 0 aromatic heterocycles. The lowest BCUT2D eigenvalue weighted by Gasteiger charge is -2.32. The fraction of sp³-hybridized carbons (Fsp3) is 0.480. The molecule has 0 bridgehead atoms. The van der Waals surface area contributed by atoms with Crippen molar-refractivity contribution >= 4 is 29.1 Å². The van der Waals surface area contributed by atoms with Gasteiger partial charge in [0.25, 0.3) is 5.91 Å². The van der Waals surface area contributed by atoms with Crippen molar-refractivity contribution in [2.75, 3.05) is 13.2 Å². The minimum atomic E-state index is -0.0579. The van der Waals surface area contributed by atoms with Crippen molar-refractivity contribution in [3.8, 4) is 5.75 Å². The van der Waals surface area contributed by atoms with E-state index < -0.39 is 0 Å². The van der Waals surface area contributed by atoms with Crippen LogP contribution in [0.25, 0.3) is 0 Å². The van der Waals surface area contributed by atoms with Crippen molar-refractivity contribution in [1.82, 2.24) is 10.6 Å². The van der Waals surface area contributed by atoms with E-state index in [-0.39, 0.29) is 18.6 Å². The van der Waals surface area contributed by atoms with Gasteiger partial charge in [0.2, 0.25) is 0 Å². The van der Waals surface area contributed by atoms with Gasteiger partial charge in [-0.1, -0.05) is 29.3 Å². The van der Waals surface area contributed by atoms with Crippen molar-refractivity contribution in [3.63, 3.8) is 0 Å². The number of carbonyl (C=O) groups excluding carboxylic acids is 1. The van der Waals surface area contributed by atoms with Crippen molar-refractivity contribution in [2.45, 2.75) is 57.0 Å². The van der Waals surface area contributed by atoms with Crippen LogP contribution in [0.3, 0.4) is 0 Å². The molecule has 0 radical (unpaired) electrons. The Kier molecular flexibility index (Phi) is 7.76. The average Bonchev–Trinajstić information content (AvgIpc) is 2.78. The van der Waals surface area contributed by atoms with E-state index in [2.05, 4.69) is 22.8 Å². The zero-order chi connectivity index (χ0) is 21.6. The first-order valence-corrected chi connectivity index (χ1v) is 12.0. The molecule has 1 amide bonds. The lowest BCUT2D eigenvalue weighted by Crippen LogP contribution is -2.42. The minimum Gasteiger partial charge on any atom is -0.484 e. The number of amides is 1. The van der Waals surface area contributed by atoms with Gasteiger partial charge in [-0.3, -0.25) is 4.79 Å². The predicted octanol–water partition coefficient (Wildman–Crippen LogP) is 5.19. The van der Waals surface area contributed by atoms with Crippen LogP contribution in [0.4, 0.5) is 0 Å². The first-order valence-electron chi connectivity index (χ1n) is 11.2. The maximum absolute atomic E-state index is 12.2. The fourth-order valence-electron chi connectivity index (χ4n) is 4.69. The van der Waals surface area contributed by atoms with E-state index in [1.165, 1.54) is 17.5 Å². The Balaban J connectivity index is 1.13. The van der Waals surface area contributed by atoms with Crippen LogP contribution in [-0.4, -0.2) is 31.1 Å². The number of halogens is 2. The summed E-state index contributed by atoms with van der Waals surface area (Å²) in [5.74, 6) is 1.28. The molecule has 0 saturated heterocycles. The molecule has 4 nitrogen and oxygen atoms in total. The van der Waals surface area contributed by atoms with Crippen LogP contribution >= 0.6 is 23.2 Å². The van der Waals surface area contributed by atoms with E-state index >= 15 is 0 Å². The molecule has 2 N–H and O–H groups in total. The van der Waals surface area contributed by atoms with Crippen LogP contribution in [0.15, 0.2) is 42.5 Å². The third kappa shape index (κ3) is 6.61. The Hall–Kier alpha value is -1.75. The Morgan fingerprint density at radius 3 is 2.42 bits per heavy atom. The zero-order valence-corrected chi connectivity index (χ0v) is 19.2. The van der Waals surface area contributed by atoms with E-state index in [4.69, 9.17) is 27.9 Å². The third-order valence-corrected chi connectivity index (χ3v) is 6.97. The van der Waals surface area contributed by atoms with E-state index in [9.17, 15) is 4.79 Å². The van der Waals surface area contributed by atoms with Crippen molar-refractivity contribution in [2.24, 2.45) is 5.92 Å². The molecular formula is C25H30Cl2N2O2. The number of nitrogens with one attached hydrogen (secondary N) is 2. The molecule has 0 spiro atoms. The molecule has 1 fully saturated rings. The molecule has 2 aromatic carbocycles. The Bertz CT molecular complexity index is 880. The van der Waals surface area contributed by atoms with E-state index in [1.807, 2.05) is 6.07 Å². The van der Waals surface area contributed by atoms with Gasteiger partial charge < -0.3 is 15.4 Å². The number of hydrogen-bond acceptors (Lipinski definition) is 3. The Labute approximate surface area is 194 Å². The Morgan fingerprint density at radius 1 is 0.903 bits per heavy atom. The molecule has 2 aromatic rings. The normalized spacial score (nSPS) is 23.1. The smallest absolute Gasteiger partial charge is 0.258 e. The molecule has 4 rings (SSSR count). The van der Waals surface area contributed by atoms with Gasteiger partial charge in [-0.25, -0.2) is 0 Å². The monoisotopic (exact) mass is 460 g/mol. The molecule has 2 aliphatic carbocycles. The molecule has 1 atom stereocenters. The number of fused-ring (bicyclic) bond motifs is 1. The summed E-state index contributed by atoms with van der Waals surface area (Å²) in [7, 11) is 0. The standard InChI is InChI=1S/C25H30Cl2N2O2/c26-20-6-11-24(12-7-20)31-16-25(30)29-22-8-1-17(2-9-22)15-28-23-10-4-18-13-21(27)5-3-19(18)14-23/h3,5-7,11-13,17,22-23,28H,1-2,4,8-10,14-16H2,(H,29,30). The van der Waals surface area contributed by atoms with Crippen LogP contribution in [0.5, 0.6) is 5.75 Å². The number of ether oxygens (including phenoxy) is 1. The maximum Gasteiger partial charge on any atom is 0.258 e. The summed E-state index contributed by atoms with van der Waals surface area (Å²) in [6.45, 7) is 1.10. The quantitative estimate of drug-likeness (QED) is 0.597. The molecular weight excluding hydrogens is 431 g/mol. The molecule has 2 aliphatic rings. The number of benzene rings is 2. The van der Waals surface area contributed by atoms with E-state index in [0.29, 0.717) is 22.7 Å². The summed E-state index contributed by atoms with van der Waals surface area (Å²) in [4.78, 5) is 12.2. The first-order chi connectivity index (χ1) is 15.0. The van der Waals surface area contributed by atoms with E-state index in [0.717, 1.165) is 50.1 Å². The molecule has 0 heterocycles. The van der Waals surface area contributed by atoms with Gasteiger partial charge in [0.15, 0.2) is 6.61 Å². The maximum atomic E-state index is 12.2. The molecule has 0 aliphatic heterocycles. The SMILES string of the molecule is O=C(COc1ccc(Cl)cc1)NC1CCC(CNC2CCc3cc(Cl)ccc3C2)CC1. The second-order valence-corrected chi connectivity index (χ2v) is 9.66. The second kappa shape index (κ2) is 10.7. The van der Waals surface area contributed by atoms with Crippen molar-refractivity contribution in [3.05, 3.63) is 63.6 Å². The third-order valence-electron chi connectivity index (χ3n) is 6.49. The summed E-state index contributed by atoms with van der Waals surface area (Å²) < 4.78 is 5.53. The zero-order valence-electron chi connectivity index (χ0n) is 17.7. The van der Waals surface area contributed by atoms with Crippen LogP contribution in [-0.2, 0) is 17.6 Å². The summed E-state index contributed by atoms with van der Waals surface area (Å²) in [5.41, 5.74) is 2.84.